The predicted molar refractivity (Wildman–Crippen MR) is 84.9 cm³/mol. The Morgan fingerprint density at radius 2 is 1.96 bits per heavy atom. The van der Waals surface area contributed by atoms with E-state index in [0.717, 1.165) is 18.4 Å². The normalized spacial score (nSPS) is 15.1. The molecule has 2 rings (SSSR count). The van der Waals surface area contributed by atoms with E-state index < -0.39 is 12.1 Å². The van der Waals surface area contributed by atoms with Crippen molar-refractivity contribution in [3.8, 4) is 0 Å². The number of carbonyl (C=O) groups excluding carboxylic acids is 3. The lowest BCUT2D eigenvalue weighted by atomic mass is 10.1. The molecule has 0 bridgehead atoms. The first kappa shape index (κ1) is 17.0. The summed E-state index contributed by atoms with van der Waals surface area (Å²) >= 11 is 0. The van der Waals surface area contributed by atoms with Gasteiger partial charge in [-0.1, -0.05) is 17.7 Å². The van der Waals surface area contributed by atoms with Crippen LogP contribution in [-0.4, -0.2) is 48.4 Å². The lowest BCUT2D eigenvalue weighted by molar-refractivity contribution is -0.157. The maximum atomic E-state index is 12.0. The van der Waals surface area contributed by atoms with Gasteiger partial charge in [-0.15, -0.1) is 0 Å². The van der Waals surface area contributed by atoms with E-state index in [1.807, 2.05) is 13.0 Å². The largest absolute Gasteiger partial charge is 0.451 e. The highest BCUT2D eigenvalue weighted by Gasteiger charge is 2.25. The van der Waals surface area contributed by atoms with Gasteiger partial charge in [0.2, 0.25) is 0 Å². The fourth-order valence-corrected chi connectivity index (χ4v) is 2.52. The van der Waals surface area contributed by atoms with Gasteiger partial charge in [-0.2, -0.15) is 0 Å². The maximum absolute atomic E-state index is 12.0. The highest BCUT2D eigenvalue weighted by molar-refractivity contribution is 5.96. The van der Waals surface area contributed by atoms with Crippen LogP contribution in [0.1, 0.15) is 35.7 Å². The van der Waals surface area contributed by atoms with Crippen LogP contribution in [0.15, 0.2) is 24.3 Å². The minimum atomic E-state index is -0.823. The number of carbonyl (C=O) groups is 3. The van der Waals surface area contributed by atoms with Crippen LogP contribution in [0.2, 0.25) is 0 Å². The number of hydrogen-bond donors (Lipinski definition) is 1. The van der Waals surface area contributed by atoms with Crippen molar-refractivity contribution >= 4 is 17.8 Å². The number of nitrogens with zero attached hydrogens (tertiary/aromatic N) is 1. The minimum absolute atomic E-state index is 0.180. The molecule has 1 heterocycles. The standard InChI is InChI=1S/C17H22N2O4/c1-12-6-5-7-14(10-12)16(21)18-11-15(20)23-13(2)17(22)19-8-3-4-9-19/h5-7,10,13H,3-4,8-9,11H2,1-2H3,(H,18,21)/t13-/m0/s1. The third-order valence-corrected chi connectivity index (χ3v) is 3.75. The second kappa shape index (κ2) is 7.76. The Kier molecular flexibility index (Phi) is 5.73. The number of hydrogen-bond acceptors (Lipinski definition) is 4. The predicted octanol–water partition coefficient (Wildman–Crippen LogP) is 1.28. The molecule has 0 unspecified atom stereocenters. The van der Waals surface area contributed by atoms with Crippen molar-refractivity contribution in [1.29, 1.82) is 0 Å². The van der Waals surface area contributed by atoms with Crippen LogP contribution in [0.4, 0.5) is 0 Å². The highest BCUT2D eigenvalue weighted by Crippen LogP contribution is 2.10. The average molecular weight is 318 g/mol. The molecule has 1 aliphatic rings. The fourth-order valence-electron chi connectivity index (χ4n) is 2.52. The van der Waals surface area contributed by atoms with E-state index in [1.54, 1.807) is 30.0 Å². The van der Waals surface area contributed by atoms with Crippen LogP contribution in [0.25, 0.3) is 0 Å². The van der Waals surface area contributed by atoms with Gasteiger partial charge in [0.15, 0.2) is 6.10 Å². The molecule has 0 spiro atoms. The molecule has 6 heteroatoms. The molecule has 23 heavy (non-hydrogen) atoms. The quantitative estimate of drug-likeness (QED) is 0.830. The molecule has 1 aromatic carbocycles. The molecule has 1 N–H and O–H groups in total. The summed E-state index contributed by atoms with van der Waals surface area (Å²) in [6.45, 7) is 4.61. The highest BCUT2D eigenvalue weighted by atomic mass is 16.5. The van der Waals surface area contributed by atoms with E-state index in [1.165, 1.54) is 0 Å². The fraction of sp³-hybridized carbons (Fsp3) is 0.471. The second-order valence-corrected chi connectivity index (χ2v) is 5.72. The van der Waals surface area contributed by atoms with E-state index >= 15 is 0 Å². The molecular formula is C17H22N2O4. The monoisotopic (exact) mass is 318 g/mol. The van der Waals surface area contributed by atoms with Crippen LogP contribution in [-0.2, 0) is 14.3 Å². The summed E-state index contributed by atoms with van der Waals surface area (Å²) in [4.78, 5) is 37.4. The zero-order chi connectivity index (χ0) is 16.8. The van der Waals surface area contributed by atoms with Crippen molar-refractivity contribution in [2.24, 2.45) is 0 Å². The number of benzene rings is 1. The van der Waals surface area contributed by atoms with Crippen molar-refractivity contribution in [3.63, 3.8) is 0 Å². The molecule has 1 aromatic rings. The Morgan fingerprint density at radius 3 is 2.61 bits per heavy atom. The number of rotatable bonds is 5. The number of esters is 1. The first-order valence-corrected chi connectivity index (χ1v) is 7.80. The van der Waals surface area contributed by atoms with E-state index in [0.29, 0.717) is 18.7 Å². The number of nitrogens with one attached hydrogen (secondary N) is 1. The van der Waals surface area contributed by atoms with E-state index in [4.69, 9.17) is 4.74 Å². The molecule has 124 valence electrons. The van der Waals surface area contributed by atoms with Gasteiger partial charge in [0.1, 0.15) is 6.54 Å². The Morgan fingerprint density at radius 1 is 1.26 bits per heavy atom. The van der Waals surface area contributed by atoms with Gasteiger partial charge in [0.25, 0.3) is 11.8 Å². The Bertz CT molecular complexity index is 594. The smallest absolute Gasteiger partial charge is 0.326 e. The van der Waals surface area contributed by atoms with Crippen molar-refractivity contribution in [2.75, 3.05) is 19.6 Å². The van der Waals surface area contributed by atoms with E-state index in [-0.39, 0.29) is 18.4 Å². The summed E-state index contributed by atoms with van der Waals surface area (Å²) in [6.07, 6.45) is 1.15. The van der Waals surface area contributed by atoms with Gasteiger partial charge in [0, 0.05) is 18.7 Å². The Labute approximate surface area is 135 Å². The van der Waals surface area contributed by atoms with Crippen LogP contribution in [0, 0.1) is 6.92 Å². The van der Waals surface area contributed by atoms with E-state index in [9.17, 15) is 14.4 Å². The second-order valence-electron chi connectivity index (χ2n) is 5.72. The third-order valence-electron chi connectivity index (χ3n) is 3.75. The molecule has 0 aliphatic carbocycles. The Balaban J connectivity index is 1.78. The van der Waals surface area contributed by atoms with Crippen LogP contribution in [0.3, 0.4) is 0 Å². The maximum Gasteiger partial charge on any atom is 0.326 e. The van der Waals surface area contributed by atoms with Crippen molar-refractivity contribution in [1.82, 2.24) is 10.2 Å². The zero-order valence-electron chi connectivity index (χ0n) is 13.5. The zero-order valence-corrected chi connectivity index (χ0v) is 13.5. The molecule has 6 nitrogen and oxygen atoms in total. The molecule has 1 fully saturated rings. The molecule has 0 saturated carbocycles. The van der Waals surface area contributed by atoms with Gasteiger partial charge >= 0.3 is 5.97 Å². The summed E-state index contributed by atoms with van der Waals surface area (Å²) in [6, 6.07) is 7.07. The topological polar surface area (TPSA) is 75.7 Å². The number of likely N-dealkylation sites (tertiary alicyclic amines) is 1. The summed E-state index contributed by atoms with van der Waals surface area (Å²) in [5, 5.41) is 2.50. The average Bonchev–Trinajstić information content (AvgIpc) is 3.06. The molecule has 0 aromatic heterocycles. The molecule has 1 atom stereocenters. The SMILES string of the molecule is Cc1cccc(C(=O)NCC(=O)O[C@@H](C)C(=O)N2CCCC2)c1. The van der Waals surface area contributed by atoms with Crippen LogP contribution >= 0.6 is 0 Å². The number of amides is 2. The molecule has 0 radical (unpaired) electrons. The molecular weight excluding hydrogens is 296 g/mol. The van der Waals surface area contributed by atoms with Gasteiger partial charge < -0.3 is 15.0 Å². The van der Waals surface area contributed by atoms with Gasteiger partial charge in [-0.05, 0) is 38.8 Å². The summed E-state index contributed by atoms with van der Waals surface area (Å²) < 4.78 is 5.09. The summed E-state index contributed by atoms with van der Waals surface area (Å²) in [7, 11) is 0. The molecule has 1 aliphatic heterocycles. The molecule has 1 saturated heterocycles. The third kappa shape index (κ3) is 4.81. The van der Waals surface area contributed by atoms with Gasteiger partial charge in [-0.3, -0.25) is 14.4 Å². The van der Waals surface area contributed by atoms with Crippen LogP contribution < -0.4 is 5.32 Å². The summed E-state index contributed by atoms with van der Waals surface area (Å²) in [5.74, 6) is -1.14. The minimum Gasteiger partial charge on any atom is -0.451 e. The van der Waals surface area contributed by atoms with Gasteiger partial charge in [-0.25, -0.2) is 0 Å². The first-order valence-electron chi connectivity index (χ1n) is 7.80. The lowest BCUT2D eigenvalue weighted by Gasteiger charge is -2.20. The van der Waals surface area contributed by atoms with Gasteiger partial charge in [0.05, 0.1) is 0 Å². The van der Waals surface area contributed by atoms with Crippen molar-refractivity contribution in [2.45, 2.75) is 32.8 Å². The van der Waals surface area contributed by atoms with Crippen molar-refractivity contribution < 1.29 is 19.1 Å². The van der Waals surface area contributed by atoms with Crippen molar-refractivity contribution in [3.05, 3.63) is 35.4 Å². The lowest BCUT2D eigenvalue weighted by Crippen LogP contribution is -2.40. The van der Waals surface area contributed by atoms with E-state index in [2.05, 4.69) is 5.32 Å². The Hall–Kier alpha value is -2.37. The summed E-state index contributed by atoms with van der Waals surface area (Å²) in [5.41, 5.74) is 1.45. The number of aryl methyl sites for hydroxylation is 1. The first-order chi connectivity index (χ1) is 11.0. The van der Waals surface area contributed by atoms with Crippen LogP contribution in [0.5, 0.6) is 0 Å². The number of ether oxygens (including phenoxy) is 1. The molecule has 2 amide bonds.